The Kier molecular flexibility index (Phi) is 9.01. The molecule has 0 aliphatic rings. The van der Waals surface area contributed by atoms with Crippen LogP contribution in [0.1, 0.15) is 12.5 Å². The molecule has 7 heteroatoms. The molecule has 0 radical (unpaired) electrons. The van der Waals surface area contributed by atoms with Crippen LogP contribution in [0.5, 0.6) is 0 Å². The maximum absolute atomic E-state index is 10.5. The third-order valence-electron chi connectivity index (χ3n) is 4.69. The van der Waals surface area contributed by atoms with Crippen molar-refractivity contribution < 1.29 is 13.0 Å². The molecule has 0 fully saturated rings. The van der Waals surface area contributed by atoms with Crippen molar-refractivity contribution in [2.45, 2.75) is 32.9 Å². The number of hydrogen-bond acceptors (Lipinski definition) is 3. The summed E-state index contributed by atoms with van der Waals surface area (Å²) in [5.74, 6) is 0. The van der Waals surface area contributed by atoms with E-state index in [2.05, 4.69) is 91.9 Å². The highest BCUT2D eigenvalue weighted by Gasteiger charge is 2.27. The predicted molar refractivity (Wildman–Crippen MR) is 135 cm³/mol. The van der Waals surface area contributed by atoms with Crippen molar-refractivity contribution in [3.8, 4) is 0 Å². The van der Waals surface area contributed by atoms with Gasteiger partial charge < -0.3 is 4.55 Å². The molecule has 170 valence electrons. The minimum Gasteiger partial charge on any atom is -0.744 e. The van der Waals surface area contributed by atoms with Crippen LogP contribution in [-0.4, -0.2) is 13.0 Å². The molecule has 0 atom stereocenters. The van der Waals surface area contributed by atoms with E-state index < -0.39 is 15.0 Å². The first-order valence-corrected chi connectivity index (χ1v) is 13.5. The monoisotopic (exact) mass is 516 g/mol. The minimum absolute atomic E-state index is 0.0249. The van der Waals surface area contributed by atoms with Gasteiger partial charge in [-0.3, -0.25) is 0 Å². The molecule has 33 heavy (non-hydrogen) atoms. The maximum atomic E-state index is 10.5. The highest BCUT2D eigenvalue weighted by Crippen LogP contribution is 2.31. The fourth-order valence-corrected chi connectivity index (χ4v) is 6.35. The fourth-order valence-electron chi connectivity index (χ4n) is 3.05. The van der Waals surface area contributed by atoms with Crippen LogP contribution in [0.25, 0.3) is 0 Å². The highest BCUT2D eigenvalue weighted by molar-refractivity contribution is 7.97. The van der Waals surface area contributed by atoms with E-state index >= 15 is 0 Å². The van der Waals surface area contributed by atoms with E-state index in [4.69, 9.17) is 23.2 Å². The topological polar surface area (TPSA) is 57.2 Å². The second-order valence-corrected chi connectivity index (χ2v) is 11.2. The van der Waals surface area contributed by atoms with Gasteiger partial charge in [-0.05, 0) is 66.6 Å². The number of halogens is 2. The van der Waals surface area contributed by atoms with Gasteiger partial charge in [-0.15, -0.1) is 0 Å². The van der Waals surface area contributed by atoms with E-state index in [1.165, 1.54) is 32.4 Å². The zero-order chi connectivity index (χ0) is 23.8. The normalized spacial score (nSPS) is 11.1. The Bertz CT molecular complexity index is 1240. The van der Waals surface area contributed by atoms with E-state index in [1.807, 2.05) is 0 Å². The number of aryl methyl sites for hydroxylation is 1. The zero-order valence-corrected chi connectivity index (χ0v) is 21.0. The van der Waals surface area contributed by atoms with Crippen LogP contribution in [-0.2, 0) is 27.4 Å². The van der Waals surface area contributed by atoms with Crippen molar-refractivity contribution in [3.63, 3.8) is 0 Å². The molecule has 0 aliphatic carbocycles. The Balaban J connectivity index is 0.000000218. The van der Waals surface area contributed by atoms with Crippen LogP contribution in [0.2, 0.25) is 10.0 Å². The summed E-state index contributed by atoms with van der Waals surface area (Å²) >= 11 is 10.9. The molecule has 0 spiro atoms. The summed E-state index contributed by atoms with van der Waals surface area (Å²) in [7, 11) is -4.55. The smallest absolute Gasteiger partial charge is 0.166 e. The average Bonchev–Trinajstić information content (AvgIpc) is 2.82. The predicted octanol–water partition coefficient (Wildman–Crippen LogP) is 7.24. The van der Waals surface area contributed by atoms with E-state index in [-0.39, 0.29) is 20.9 Å². The van der Waals surface area contributed by atoms with Crippen molar-refractivity contribution in [3.05, 3.63) is 119 Å². The molecular weight excluding hydrogens is 495 g/mol. The molecular formula is C26H22Cl2O3S2. The Labute approximate surface area is 208 Å². The molecule has 0 bridgehead atoms. The first kappa shape index (κ1) is 25.3. The van der Waals surface area contributed by atoms with Gasteiger partial charge in [-0.25, -0.2) is 8.42 Å². The van der Waals surface area contributed by atoms with Crippen LogP contribution in [0.3, 0.4) is 0 Å². The highest BCUT2D eigenvalue weighted by atomic mass is 35.5. The molecule has 0 aromatic heterocycles. The molecule has 4 aromatic rings. The lowest BCUT2D eigenvalue weighted by atomic mass is 10.2. The van der Waals surface area contributed by atoms with Crippen LogP contribution >= 0.6 is 23.2 Å². The second-order valence-electron chi connectivity index (χ2n) is 6.96. The van der Waals surface area contributed by atoms with Crippen LogP contribution < -0.4 is 0 Å². The Morgan fingerprint density at radius 1 is 0.727 bits per heavy atom. The van der Waals surface area contributed by atoms with Gasteiger partial charge in [0.05, 0.1) is 20.8 Å². The molecule has 4 rings (SSSR count). The summed E-state index contributed by atoms with van der Waals surface area (Å²) in [5, 5.41) is 0.0447. The lowest BCUT2D eigenvalue weighted by molar-refractivity contribution is 0.463. The van der Waals surface area contributed by atoms with Crippen LogP contribution in [0.15, 0.2) is 123 Å². The Morgan fingerprint density at radius 3 is 1.64 bits per heavy atom. The van der Waals surface area contributed by atoms with Crippen LogP contribution in [0.4, 0.5) is 0 Å². The lowest BCUT2D eigenvalue weighted by Crippen LogP contribution is -2.04. The number of rotatable bonds is 5. The first-order valence-electron chi connectivity index (χ1n) is 10.1. The number of benzene rings is 4. The summed E-state index contributed by atoms with van der Waals surface area (Å²) in [4.78, 5) is 3.63. The van der Waals surface area contributed by atoms with Gasteiger partial charge in [0.15, 0.2) is 14.7 Å². The van der Waals surface area contributed by atoms with Gasteiger partial charge in [-0.2, -0.15) is 0 Å². The van der Waals surface area contributed by atoms with Gasteiger partial charge in [0, 0.05) is 5.02 Å². The fraction of sp³-hybridized carbons (Fsp3) is 0.0769. The summed E-state index contributed by atoms with van der Waals surface area (Å²) in [6.07, 6.45) is 1.09. The van der Waals surface area contributed by atoms with E-state index in [9.17, 15) is 13.0 Å². The summed E-state index contributed by atoms with van der Waals surface area (Å²) in [6.45, 7) is 2.20. The number of hydrogen-bond donors (Lipinski definition) is 0. The van der Waals surface area contributed by atoms with E-state index in [0.717, 1.165) is 12.5 Å². The SMILES string of the molecule is CCc1ccc([S+](c2ccccc2)c2ccccc2)cc1.O=S(=O)([O-])c1cc(Cl)ccc1Cl. The van der Waals surface area contributed by atoms with Crippen molar-refractivity contribution in [2.75, 3.05) is 0 Å². The molecule has 4 aromatic carbocycles. The molecule has 0 saturated carbocycles. The van der Waals surface area contributed by atoms with Crippen LogP contribution in [0, 0.1) is 0 Å². The van der Waals surface area contributed by atoms with Gasteiger partial charge in [0.2, 0.25) is 0 Å². The first-order chi connectivity index (χ1) is 15.8. The van der Waals surface area contributed by atoms with Crippen molar-refractivity contribution in [1.29, 1.82) is 0 Å². The van der Waals surface area contributed by atoms with Crippen molar-refractivity contribution >= 4 is 44.2 Å². The maximum Gasteiger partial charge on any atom is 0.166 e. The van der Waals surface area contributed by atoms with Gasteiger partial charge in [0.25, 0.3) is 0 Å². The van der Waals surface area contributed by atoms with Crippen molar-refractivity contribution in [1.82, 2.24) is 0 Å². The van der Waals surface area contributed by atoms with E-state index in [0.29, 0.717) is 0 Å². The molecule has 0 N–H and O–H groups in total. The Morgan fingerprint density at radius 2 is 1.21 bits per heavy atom. The van der Waals surface area contributed by atoms with Gasteiger partial charge in [0.1, 0.15) is 10.1 Å². The molecule has 0 saturated heterocycles. The summed E-state index contributed by atoms with van der Waals surface area (Å²) in [5.41, 5.74) is 1.39. The molecule has 0 heterocycles. The van der Waals surface area contributed by atoms with Gasteiger partial charge >= 0.3 is 0 Å². The molecule has 3 nitrogen and oxygen atoms in total. The van der Waals surface area contributed by atoms with Crippen molar-refractivity contribution in [2.24, 2.45) is 0 Å². The lowest BCUT2D eigenvalue weighted by Gasteiger charge is -2.08. The van der Waals surface area contributed by atoms with Gasteiger partial charge in [-0.1, -0.05) is 78.7 Å². The zero-order valence-electron chi connectivity index (χ0n) is 17.8. The second kappa shape index (κ2) is 11.7. The standard InChI is InChI=1S/C20H19S.C6H4Cl2O3S/c1-2-17-13-15-20(16-14-17)21(18-9-5-3-6-10-18)19-11-7-4-8-12-19;7-4-1-2-5(8)6(3-4)12(9,10)11/h3-16H,2H2,1H3;1-3H,(H,9,10,11)/q+1;/p-1. The third-order valence-corrected chi connectivity index (χ3v) is 8.47. The molecule has 0 unspecified atom stereocenters. The molecule has 0 aliphatic heterocycles. The summed E-state index contributed by atoms with van der Waals surface area (Å²) < 4.78 is 31.5. The molecule has 0 amide bonds. The summed E-state index contributed by atoms with van der Waals surface area (Å²) in [6, 6.07) is 34.3. The Hall–Kier alpha value is -2.28. The largest absolute Gasteiger partial charge is 0.744 e. The van der Waals surface area contributed by atoms with E-state index in [1.54, 1.807) is 0 Å². The quantitative estimate of drug-likeness (QED) is 0.207. The average molecular weight is 517 g/mol. The third kappa shape index (κ3) is 7.10. The minimum atomic E-state index is -4.52.